The zero-order valence-corrected chi connectivity index (χ0v) is 11.8. The minimum Gasteiger partial charge on any atom is -0.325 e. The van der Waals surface area contributed by atoms with Gasteiger partial charge in [-0.3, -0.25) is 9.69 Å². The van der Waals surface area contributed by atoms with E-state index in [1.165, 1.54) is 17.0 Å². The van der Waals surface area contributed by atoms with Crippen LogP contribution in [0.3, 0.4) is 0 Å². The lowest BCUT2D eigenvalue weighted by atomic mass is 10.1. The lowest BCUT2D eigenvalue weighted by Crippen LogP contribution is -2.32. The first-order valence-electron chi connectivity index (χ1n) is 7.04. The molecule has 0 radical (unpaired) electrons. The van der Waals surface area contributed by atoms with Crippen molar-refractivity contribution in [1.29, 1.82) is 0 Å². The van der Waals surface area contributed by atoms with Gasteiger partial charge in [-0.25, -0.2) is 9.18 Å². The van der Waals surface area contributed by atoms with Crippen LogP contribution in [0.4, 0.5) is 9.18 Å². The maximum Gasteiger partial charge on any atom is 0.325 e. The predicted molar refractivity (Wildman–Crippen MR) is 79.4 cm³/mol. The molecule has 3 amide bonds. The van der Waals surface area contributed by atoms with Crippen molar-refractivity contribution >= 4 is 11.9 Å². The predicted octanol–water partition coefficient (Wildman–Crippen LogP) is 2.49. The number of nitrogens with zero attached hydrogens (tertiary/aromatic N) is 1. The highest BCUT2D eigenvalue weighted by Gasteiger charge is 2.37. The maximum atomic E-state index is 12.9. The van der Waals surface area contributed by atoms with Crippen molar-refractivity contribution in [1.82, 2.24) is 10.2 Å². The number of hydrogen-bond donors (Lipinski definition) is 1. The molecule has 1 aliphatic heterocycles. The number of benzene rings is 2. The van der Waals surface area contributed by atoms with Crippen molar-refractivity contribution in [2.24, 2.45) is 0 Å². The number of carbonyl (C=O) groups is 2. The monoisotopic (exact) mass is 298 g/mol. The molecule has 3 rings (SSSR count). The van der Waals surface area contributed by atoms with E-state index in [9.17, 15) is 14.0 Å². The fraction of sp³-hybridized carbons (Fsp3) is 0.176. The summed E-state index contributed by atoms with van der Waals surface area (Å²) in [6.45, 7) is 0.149. The zero-order valence-electron chi connectivity index (χ0n) is 11.8. The molecule has 1 atom stereocenters. The van der Waals surface area contributed by atoms with Crippen molar-refractivity contribution in [2.45, 2.75) is 19.0 Å². The Morgan fingerprint density at radius 2 is 1.64 bits per heavy atom. The molecule has 1 heterocycles. The molecular formula is C17H15FN2O2. The van der Waals surface area contributed by atoms with Gasteiger partial charge in [-0.15, -0.1) is 0 Å². The van der Waals surface area contributed by atoms with Gasteiger partial charge in [0.25, 0.3) is 5.91 Å². The first-order valence-corrected chi connectivity index (χ1v) is 7.04. The van der Waals surface area contributed by atoms with Crippen molar-refractivity contribution in [3.63, 3.8) is 0 Å². The van der Waals surface area contributed by atoms with Gasteiger partial charge in [0, 0.05) is 6.42 Å². The Morgan fingerprint density at radius 1 is 0.955 bits per heavy atom. The van der Waals surface area contributed by atoms with Gasteiger partial charge in [-0.05, 0) is 23.3 Å². The van der Waals surface area contributed by atoms with E-state index in [1.807, 2.05) is 30.3 Å². The summed E-state index contributed by atoms with van der Waals surface area (Å²) in [6.07, 6.45) is 0.464. The third-order valence-electron chi connectivity index (χ3n) is 3.64. The van der Waals surface area contributed by atoms with E-state index in [0.717, 1.165) is 5.56 Å². The van der Waals surface area contributed by atoms with Crippen molar-refractivity contribution in [3.05, 3.63) is 71.5 Å². The molecule has 4 nitrogen and oxygen atoms in total. The van der Waals surface area contributed by atoms with Crippen LogP contribution >= 0.6 is 0 Å². The molecule has 1 saturated heterocycles. The molecule has 1 fully saturated rings. The van der Waals surface area contributed by atoms with Gasteiger partial charge >= 0.3 is 6.03 Å². The first kappa shape index (κ1) is 14.3. The normalized spacial score (nSPS) is 17.7. The van der Waals surface area contributed by atoms with Crippen LogP contribution in [-0.2, 0) is 17.8 Å². The number of carbonyl (C=O) groups excluding carboxylic acids is 2. The molecule has 112 valence electrons. The van der Waals surface area contributed by atoms with Gasteiger partial charge < -0.3 is 5.32 Å². The molecule has 0 spiro atoms. The average molecular weight is 298 g/mol. The summed E-state index contributed by atoms with van der Waals surface area (Å²) in [7, 11) is 0. The number of amides is 3. The Hall–Kier alpha value is -2.69. The quantitative estimate of drug-likeness (QED) is 0.882. The topological polar surface area (TPSA) is 49.4 Å². The summed E-state index contributed by atoms with van der Waals surface area (Å²) >= 11 is 0. The second kappa shape index (κ2) is 5.97. The summed E-state index contributed by atoms with van der Waals surface area (Å²) in [5, 5.41) is 2.70. The second-order valence-electron chi connectivity index (χ2n) is 5.24. The van der Waals surface area contributed by atoms with Crippen LogP contribution in [0.15, 0.2) is 54.6 Å². The van der Waals surface area contributed by atoms with Crippen LogP contribution in [0.2, 0.25) is 0 Å². The third-order valence-corrected chi connectivity index (χ3v) is 3.64. The van der Waals surface area contributed by atoms with E-state index >= 15 is 0 Å². The molecule has 22 heavy (non-hydrogen) atoms. The Bertz CT molecular complexity index is 686. The van der Waals surface area contributed by atoms with Gasteiger partial charge in [0.05, 0.1) is 6.54 Å². The van der Waals surface area contributed by atoms with Crippen LogP contribution in [0.1, 0.15) is 11.1 Å². The number of imide groups is 1. The molecule has 1 unspecified atom stereocenters. The summed E-state index contributed by atoms with van der Waals surface area (Å²) < 4.78 is 12.9. The van der Waals surface area contributed by atoms with Crippen LogP contribution < -0.4 is 5.32 Å². The van der Waals surface area contributed by atoms with Crippen LogP contribution in [-0.4, -0.2) is 22.9 Å². The van der Waals surface area contributed by atoms with Gasteiger partial charge in [0.1, 0.15) is 11.9 Å². The van der Waals surface area contributed by atoms with E-state index in [1.54, 1.807) is 12.1 Å². The summed E-state index contributed by atoms with van der Waals surface area (Å²) in [5.74, 6) is -0.596. The van der Waals surface area contributed by atoms with Crippen LogP contribution in [0.5, 0.6) is 0 Å². The molecule has 2 aromatic rings. The number of rotatable bonds is 4. The highest BCUT2D eigenvalue weighted by molar-refractivity contribution is 6.04. The molecule has 0 bridgehead atoms. The summed E-state index contributed by atoms with van der Waals surface area (Å²) in [5.41, 5.74) is 1.70. The molecule has 2 aromatic carbocycles. The Balaban J connectivity index is 1.70. The molecule has 0 saturated carbocycles. The van der Waals surface area contributed by atoms with Crippen molar-refractivity contribution < 1.29 is 14.0 Å². The molecular weight excluding hydrogens is 283 g/mol. The molecule has 0 aliphatic carbocycles. The average Bonchev–Trinajstić information content (AvgIpc) is 2.78. The number of nitrogens with one attached hydrogen (secondary N) is 1. The van der Waals surface area contributed by atoms with E-state index < -0.39 is 12.1 Å². The van der Waals surface area contributed by atoms with Crippen LogP contribution in [0, 0.1) is 5.82 Å². The lowest BCUT2D eigenvalue weighted by Gasteiger charge is -2.13. The van der Waals surface area contributed by atoms with Crippen LogP contribution in [0.25, 0.3) is 0 Å². The van der Waals surface area contributed by atoms with Gasteiger partial charge in [-0.1, -0.05) is 42.5 Å². The fourth-order valence-corrected chi connectivity index (χ4v) is 2.49. The Morgan fingerprint density at radius 3 is 2.32 bits per heavy atom. The lowest BCUT2D eigenvalue weighted by molar-refractivity contribution is -0.127. The van der Waals surface area contributed by atoms with Crippen molar-refractivity contribution in [3.8, 4) is 0 Å². The molecule has 1 aliphatic rings. The standard InChI is InChI=1S/C17H15FN2O2/c18-14-8-6-13(7-9-14)11-20-16(21)15(19-17(20)22)10-12-4-2-1-3-5-12/h1-9,15H,10-11H2,(H,19,22). The maximum absolute atomic E-state index is 12.9. The van der Waals surface area contributed by atoms with Gasteiger partial charge in [0.2, 0.25) is 0 Å². The summed E-state index contributed by atoms with van der Waals surface area (Å²) in [4.78, 5) is 25.5. The van der Waals surface area contributed by atoms with E-state index in [4.69, 9.17) is 0 Å². The highest BCUT2D eigenvalue weighted by atomic mass is 19.1. The SMILES string of the molecule is O=C1NC(Cc2ccccc2)C(=O)N1Cc1ccc(F)cc1. The number of halogens is 1. The minimum absolute atomic E-state index is 0.149. The van der Waals surface area contributed by atoms with E-state index in [-0.39, 0.29) is 18.3 Å². The van der Waals surface area contributed by atoms with Crippen molar-refractivity contribution in [2.75, 3.05) is 0 Å². The first-order chi connectivity index (χ1) is 10.6. The number of urea groups is 1. The minimum atomic E-state index is -0.546. The Kier molecular flexibility index (Phi) is 3.87. The highest BCUT2D eigenvalue weighted by Crippen LogP contribution is 2.15. The molecule has 1 N–H and O–H groups in total. The van der Waals surface area contributed by atoms with E-state index in [2.05, 4.69) is 5.32 Å². The number of hydrogen-bond acceptors (Lipinski definition) is 2. The molecule has 5 heteroatoms. The second-order valence-corrected chi connectivity index (χ2v) is 5.24. The van der Waals surface area contributed by atoms with E-state index in [0.29, 0.717) is 12.0 Å². The third kappa shape index (κ3) is 2.98. The fourth-order valence-electron chi connectivity index (χ4n) is 2.49. The zero-order chi connectivity index (χ0) is 15.5. The summed E-state index contributed by atoms with van der Waals surface area (Å²) in [6, 6.07) is 14.3. The van der Waals surface area contributed by atoms with Gasteiger partial charge in [-0.2, -0.15) is 0 Å². The Labute approximate surface area is 127 Å². The smallest absolute Gasteiger partial charge is 0.325 e. The van der Waals surface area contributed by atoms with Gasteiger partial charge in [0.15, 0.2) is 0 Å². The largest absolute Gasteiger partial charge is 0.325 e. The molecule has 0 aromatic heterocycles.